The fourth-order valence-corrected chi connectivity index (χ4v) is 7.81. The second-order valence-corrected chi connectivity index (χ2v) is 15.9. The molecular formula is C44H50O24. The van der Waals surface area contributed by atoms with Gasteiger partial charge in [-0.1, -0.05) is 0 Å². The molecule has 3 aromatic carbocycles. The topological polar surface area (TPSA) is 384 Å². The number of ether oxygens (including phenoxy) is 8. The minimum absolute atomic E-state index is 0.0437. The molecule has 15 atom stereocenters. The molecule has 1 unspecified atom stereocenters. The highest BCUT2D eigenvalue weighted by Crippen LogP contribution is 2.46. The summed E-state index contributed by atoms with van der Waals surface area (Å²) >= 11 is 0. The molecule has 1 aromatic heterocycles. The van der Waals surface area contributed by atoms with Crippen LogP contribution in [-0.2, 0) is 23.7 Å². The first-order valence-electron chi connectivity index (χ1n) is 20.8. The molecule has 24 nitrogen and oxygen atoms in total. The molecule has 4 heterocycles. The lowest BCUT2D eigenvalue weighted by molar-refractivity contribution is -0.279. The van der Waals surface area contributed by atoms with Crippen molar-refractivity contribution in [1.82, 2.24) is 0 Å². The summed E-state index contributed by atoms with van der Waals surface area (Å²) in [6, 6.07) is 10.3. The predicted octanol–water partition coefficient (Wildman–Crippen LogP) is -2.97. The number of hydrogen-bond acceptors (Lipinski definition) is 24. The summed E-state index contributed by atoms with van der Waals surface area (Å²) in [5.74, 6) is -2.78. The van der Waals surface area contributed by atoms with E-state index in [1.165, 1.54) is 56.7 Å². The average molecular weight is 963 g/mol. The van der Waals surface area contributed by atoms with E-state index in [-0.39, 0.29) is 34.3 Å². The minimum Gasteiger partial charge on any atom is -0.506 e. The first kappa shape index (κ1) is 50.2. The molecule has 13 N–H and O–H groups in total. The number of benzene rings is 3. The lowest BCUT2D eigenvalue weighted by Gasteiger charge is -2.42. The number of rotatable bonds is 14. The number of aliphatic hydroxyl groups excluding tert-OH is 11. The van der Waals surface area contributed by atoms with Crippen molar-refractivity contribution in [2.75, 3.05) is 34.0 Å². The van der Waals surface area contributed by atoms with Crippen LogP contribution in [0.1, 0.15) is 17.2 Å². The predicted molar refractivity (Wildman–Crippen MR) is 225 cm³/mol. The molecule has 0 aliphatic carbocycles. The van der Waals surface area contributed by atoms with Crippen molar-refractivity contribution in [2.45, 2.75) is 91.9 Å². The maximum Gasteiger partial charge on any atom is 0.330 e. The van der Waals surface area contributed by atoms with E-state index >= 15 is 0 Å². The number of carbonyl (C=O) groups is 1. The Labute approximate surface area is 383 Å². The zero-order valence-corrected chi connectivity index (χ0v) is 35.9. The number of phenols is 2. The fourth-order valence-electron chi connectivity index (χ4n) is 7.81. The van der Waals surface area contributed by atoms with Crippen LogP contribution in [0.2, 0.25) is 0 Å². The van der Waals surface area contributed by atoms with Gasteiger partial charge in [-0.05, 0) is 48.0 Å². The van der Waals surface area contributed by atoms with Gasteiger partial charge in [0.1, 0.15) is 120 Å². The molecule has 0 spiro atoms. The third kappa shape index (κ3) is 9.91. The number of aliphatic hydroxyl groups is 11. The highest BCUT2D eigenvalue weighted by Gasteiger charge is 2.49. The van der Waals surface area contributed by atoms with Crippen molar-refractivity contribution in [3.8, 4) is 45.8 Å². The van der Waals surface area contributed by atoms with Gasteiger partial charge in [-0.25, -0.2) is 4.79 Å². The standard InChI is InChI=1S/C44H50O24/c1-60-23-9-16(10-24(61-2)31(23)49)3-8-28(48)62-15-27-34(52)38(56)41(59)44(68-27)66-22-12-21-29(35(53)30(22)42-39(57)36(54)32(50)25(13-45)65-42)19(47)11-20(64-21)17-4-6-18(7-5-17)63-43-40(58)37(55)33(51)26(14-46)67-43/h3-12,25-27,32-34,36-46,49-59H,13-15H2,1-2H3/b8-3+/t25-,26-,27-,32-,33-,34-,36+,37+,38+,39-,40-,41-,42+,43-,44?/m1/s1. The van der Waals surface area contributed by atoms with E-state index < -0.39 is 151 Å². The van der Waals surface area contributed by atoms with Crippen LogP contribution in [0, 0.1) is 0 Å². The number of fused-ring (bicyclic) bond motifs is 1. The van der Waals surface area contributed by atoms with Crippen molar-refractivity contribution < 1.29 is 113 Å². The number of phenolic OH excluding ortho intramolecular Hbond substituents is 2. The summed E-state index contributed by atoms with van der Waals surface area (Å²) in [6.45, 7) is -2.33. The fraction of sp³-hybridized carbons (Fsp3) is 0.455. The summed E-state index contributed by atoms with van der Waals surface area (Å²) in [5.41, 5.74) is -1.30. The normalized spacial score (nSPS) is 31.9. The van der Waals surface area contributed by atoms with Gasteiger partial charge in [0.15, 0.2) is 16.9 Å². The van der Waals surface area contributed by atoms with Crippen LogP contribution in [-0.4, -0.2) is 192 Å². The van der Waals surface area contributed by atoms with Crippen LogP contribution in [0.25, 0.3) is 28.4 Å². The zero-order valence-electron chi connectivity index (χ0n) is 35.9. The number of hydrogen-bond donors (Lipinski definition) is 13. The Kier molecular flexibility index (Phi) is 15.4. The largest absolute Gasteiger partial charge is 0.506 e. The molecule has 68 heavy (non-hydrogen) atoms. The zero-order chi connectivity index (χ0) is 49.3. The number of methoxy groups -OCH3 is 2. The monoisotopic (exact) mass is 962 g/mol. The SMILES string of the molecule is COc1cc(/C=C/C(=O)OC[C@H]2OC(Oc3cc4oc(-c5ccc(O[C@@H]6O[C@H](CO)[C@@H](O)[C@H](O)[C@H]6O)cc5)cc(=O)c4c(O)c3[C@@H]3O[C@H](CO)[C@@H](O)[C@H](O)[C@H]3O)[C@H](O)[C@@H](O)[C@@H]2O)cc(OC)c1O. The Morgan fingerprint density at radius 2 is 1.18 bits per heavy atom. The second-order valence-electron chi connectivity index (χ2n) is 15.9. The summed E-state index contributed by atoms with van der Waals surface area (Å²) in [6.07, 6.45) is -24.5. The lowest BCUT2D eigenvalue weighted by Crippen LogP contribution is -2.60. The molecule has 370 valence electrons. The quantitative estimate of drug-likeness (QED) is 0.0443. The number of carbonyl (C=O) groups excluding carboxylic acids is 1. The third-order valence-corrected chi connectivity index (χ3v) is 11.6. The van der Waals surface area contributed by atoms with Crippen molar-refractivity contribution in [3.05, 3.63) is 76.0 Å². The first-order chi connectivity index (χ1) is 32.4. The molecule has 0 bridgehead atoms. The minimum atomic E-state index is -2.08. The maximum atomic E-state index is 13.8. The molecule has 24 heteroatoms. The molecule has 3 aliphatic heterocycles. The van der Waals surface area contributed by atoms with E-state index in [0.29, 0.717) is 5.56 Å². The van der Waals surface area contributed by atoms with E-state index in [2.05, 4.69) is 0 Å². The Bertz CT molecular complexity index is 2470. The van der Waals surface area contributed by atoms with Gasteiger partial charge in [-0.3, -0.25) is 4.79 Å². The molecule has 0 amide bonds. The molecular weight excluding hydrogens is 912 g/mol. The van der Waals surface area contributed by atoms with Gasteiger partial charge in [-0.2, -0.15) is 0 Å². The van der Waals surface area contributed by atoms with Gasteiger partial charge < -0.3 is 109 Å². The molecule has 3 saturated heterocycles. The molecule has 3 fully saturated rings. The van der Waals surface area contributed by atoms with Crippen LogP contribution < -0.4 is 24.4 Å². The van der Waals surface area contributed by atoms with Crippen LogP contribution >= 0.6 is 0 Å². The van der Waals surface area contributed by atoms with Crippen molar-refractivity contribution in [2.24, 2.45) is 0 Å². The Hall–Kier alpha value is -5.68. The van der Waals surface area contributed by atoms with Crippen LogP contribution in [0.3, 0.4) is 0 Å². The first-order valence-corrected chi connectivity index (χ1v) is 20.8. The summed E-state index contributed by atoms with van der Waals surface area (Å²) < 4.78 is 50.0. The summed E-state index contributed by atoms with van der Waals surface area (Å²) in [7, 11) is 2.61. The van der Waals surface area contributed by atoms with Gasteiger partial charge in [-0.15, -0.1) is 0 Å². The third-order valence-electron chi connectivity index (χ3n) is 11.6. The second kappa shape index (κ2) is 20.9. The van der Waals surface area contributed by atoms with E-state index in [4.69, 9.17) is 42.3 Å². The highest BCUT2D eigenvalue weighted by atomic mass is 16.7. The molecule has 4 aromatic rings. The van der Waals surface area contributed by atoms with E-state index in [1.54, 1.807) is 0 Å². The Morgan fingerprint density at radius 3 is 1.76 bits per heavy atom. The Balaban J connectivity index is 1.18. The van der Waals surface area contributed by atoms with E-state index in [1.807, 2.05) is 0 Å². The summed E-state index contributed by atoms with van der Waals surface area (Å²) in [5, 5.41) is 137. The van der Waals surface area contributed by atoms with Crippen LogP contribution in [0.4, 0.5) is 0 Å². The van der Waals surface area contributed by atoms with Crippen LogP contribution in [0.15, 0.2) is 63.8 Å². The van der Waals surface area contributed by atoms with Crippen molar-refractivity contribution >= 4 is 23.0 Å². The van der Waals surface area contributed by atoms with Gasteiger partial charge in [0.25, 0.3) is 0 Å². The Morgan fingerprint density at radius 1 is 0.632 bits per heavy atom. The number of aromatic hydroxyl groups is 2. The lowest BCUT2D eigenvalue weighted by atomic mass is 9.89. The van der Waals surface area contributed by atoms with E-state index in [0.717, 1.165) is 18.2 Å². The average Bonchev–Trinajstić information content (AvgIpc) is 3.33. The van der Waals surface area contributed by atoms with E-state index in [9.17, 15) is 76.0 Å². The van der Waals surface area contributed by atoms with Gasteiger partial charge in [0.05, 0.1) is 33.0 Å². The highest BCUT2D eigenvalue weighted by molar-refractivity contribution is 5.89. The van der Waals surface area contributed by atoms with Crippen LogP contribution in [0.5, 0.6) is 34.5 Å². The molecule has 3 aliphatic rings. The smallest absolute Gasteiger partial charge is 0.330 e. The van der Waals surface area contributed by atoms with Gasteiger partial charge >= 0.3 is 5.97 Å². The molecule has 0 radical (unpaired) electrons. The summed E-state index contributed by atoms with van der Waals surface area (Å²) in [4.78, 5) is 26.6. The van der Waals surface area contributed by atoms with Crippen molar-refractivity contribution in [3.63, 3.8) is 0 Å². The molecule has 0 saturated carbocycles. The van der Waals surface area contributed by atoms with Gasteiger partial charge in [0, 0.05) is 23.8 Å². The maximum absolute atomic E-state index is 13.8. The number of esters is 1. The van der Waals surface area contributed by atoms with Gasteiger partial charge in [0.2, 0.25) is 18.3 Å². The van der Waals surface area contributed by atoms with Crippen molar-refractivity contribution in [1.29, 1.82) is 0 Å². The molecule has 7 rings (SSSR count).